The number of methoxy groups -OCH3 is 3. The number of hydrogen-bond donors (Lipinski definition) is 1. The standard InChI is InChI=1S/C25H52O6/c1-11-13-14-22(4,5)30-20-25(18-28-9,19-29-10)21(3)23(6,7)31-17-24(12-2,15-26)16-27-8/h21,26H,11-20H2,1-10H3. The van der Waals surface area contributed by atoms with Gasteiger partial charge in [0.15, 0.2) is 0 Å². The van der Waals surface area contributed by atoms with Crippen molar-refractivity contribution in [3.05, 3.63) is 0 Å². The second-order valence-corrected chi connectivity index (χ2v) is 10.4. The number of unbranched alkanes of at least 4 members (excludes halogenated alkanes) is 1. The molecule has 0 fully saturated rings. The summed E-state index contributed by atoms with van der Waals surface area (Å²) in [5.41, 5.74) is -1.47. The van der Waals surface area contributed by atoms with Crippen LogP contribution in [0.4, 0.5) is 0 Å². The van der Waals surface area contributed by atoms with Gasteiger partial charge in [0.25, 0.3) is 0 Å². The van der Waals surface area contributed by atoms with Gasteiger partial charge in [-0.2, -0.15) is 0 Å². The normalized spacial score (nSPS) is 16.4. The van der Waals surface area contributed by atoms with Gasteiger partial charge in [-0.3, -0.25) is 0 Å². The maximum atomic E-state index is 10.00. The summed E-state index contributed by atoms with van der Waals surface area (Å²) >= 11 is 0. The maximum absolute atomic E-state index is 10.00. The smallest absolute Gasteiger partial charge is 0.0660 e. The Morgan fingerprint density at radius 3 is 1.74 bits per heavy atom. The number of hydrogen-bond acceptors (Lipinski definition) is 6. The van der Waals surface area contributed by atoms with E-state index in [0.717, 1.165) is 25.7 Å². The third-order valence-electron chi connectivity index (χ3n) is 6.99. The lowest BCUT2D eigenvalue weighted by Gasteiger charge is -2.47. The summed E-state index contributed by atoms with van der Waals surface area (Å²) in [5, 5.41) is 10.00. The van der Waals surface area contributed by atoms with Crippen LogP contribution in [-0.2, 0) is 23.7 Å². The highest BCUT2D eigenvalue weighted by Crippen LogP contribution is 2.41. The first-order valence-electron chi connectivity index (χ1n) is 11.8. The lowest BCUT2D eigenvalue weighted by Crippen LogP contribution is -2.53. The molecule has 6 nitrogen and oxygen atoms in total. The van der Waals surface area contributed by atoms with E-state index in [0.29, 0.717) is 33.0 Å². The van der Waals surface area contributed by atoms with Gasteiger partial charge in [-0.25, -0.2) is 0 Å². The molecule has 0 aliphatic rings. The Balaban J connectivity index is 5.63. The molecule has 0 saturated carbocycles. The fraction of sp³-hybridized carbons (Fsp3) is 1.00. The van der Waals surface area contributed by atoms with Gasteiger partial charge in [-0.05, 0) is 46.5 Å². The van der Waals surface area contributed by atoms with Crippen molar-refractivity contribution < 1.29 is 28.8 Å². The lowest BCUT2D eigenvalue weighted by molar-refractivity contribution is -0.185. The summed E-state index contributed by atoms with van der Waals surface area (Å²) in [5.74, 6) is 0.0673. The minimum Gasteiger partial charge on any atom is -0.396 e. The van der Waals surface area contributed by atoms with Crippen LogP contribution in [0.2, 0.25) is 0 Å². The van der Waals surface area contributed by atoms with Crippen LogP contribution in [0.5, 0.6) is 0 Å². The Morgan fingerprint density at radius 2 is 1.32 bits per heavy atom. The van der Waals surface area contributed by atoms with Gasteiger partial charge in [0.05, 0.1) is 50.8 Å². The van der Waals surface area contributed by atoms with E-state index in [1.54, 1.807) is 21.3 Å². The van der Waals surface area contributed by atoms with Crippen molar-refractivity contribution in [2.45, 2.75) is 85.4 Å². The van der Waals surface area contributed by atoms with E-state index >= 15 is 0 Å². The SMILES string of the molecule is CCCCC(C)(C)OCC(COC)(COC)C(C)C(C)(C)OCC(CC)(CO)COC. The Morgan fingerprint density at radius 1 is 0.774 bits per heavy atom. The average Bonchev–Trinajstić information content (AvgIpc) is 2.73. The molecule has 0 saturated heterocycles. The second-order valence-electron chi connectivity index (χ2n) is 10.4. The van der Waals surface area contributed by atoms with Gasteiger partial charge < -0.3 is 28.8 Å². The van der Waals surface area contributed by atoms with Gasteiger partial charge >= 0.3 is 0 Å². The molecule has 0 rings (SSSR count). The minimum atomic E-state index is -0.489. The van der Waals surface area contributed by atoms with Crippen LogP contribution in [0.25, 0.3) is 0 Å². The molecule has 0 aromatic heterocycles. The second kappa shape index (κ2) is 14.1. The fourth-order valence-corrected chi connectivity index (χ4v) is 4.05. The lowest BCUT2D eigenvalue weighted by atomic mass is 9.70. The van der Waals surface area contributed by atoms with Crippen LogP contribution in [0, 0.1) is 16.7 Å². The van der Waals surface area contributed by atoms with E-state index < -0.39 is 11.0 Å². The first-order chi connectivity index (χ1) is 14.4. The van der Waals surface area contributed by atoms with E-state index in [-0.39, 0.29) is 23.5 Å². The molecule has 188 valence electrons. The maximum Gasteiger partial charge on any atom is 0.0660 e. The summed E-state index contributed by atoms with van der Waals surface area (Å²) < 4.78 is 29.7. The molecular formula is C25H52O6. The predicted octanol–water partition coefficient (Wildman–Crippen LogP) is 4.72. The highest BCUT2D eigenvalue weighted by Gasteiger charge is 2.47. The van der Waals surface area contributed by atoms with Crippen molar-refractivity contribution in [2.24, 2.45) is 16.7 Å². The van der Waals surface area contributed by atoms with Gasteiger partial charge in [-0.15, -0.1) is 0 Å². The molecule has 6 heteroatoms. The molecule has 0 heterocycles. The summed E-state index contributed by atoms with van der Waals surface area (Å²) in [6.45, 7) is 17.4. The van der Waals surface area contributed by atoms with Crippen molar-refractivity contribution >= 4 is 0 Å². The minimum absolute atomic E-state index is 0.0256. The largest absolute Gasteiger partial charge is 0.396 e. The van der Waals surface area contributed by atoms with E-state index in [1.807, 2.05) is 0 Å². The Kier molecular flexibility index (Phi) is 14.0. The zero-order valence-corrected chi connectivity index (χ0v) is 22.1. The number of rotatable bonds is 19. The number of aliphatic hydroxyl groups is 1. The molecule has 0 spiro atoms. The van der Waals surface area contributed by atoms with Crippen LogP contribution < -0.4 is 0 Å². The number of aliphatic hydroxyl groups excluding tert-OH is 1. The summed E-state index contributed by atoms with van der Waals surface area (Å²) in [6.07, 6.45) is 4.08. The third-order valence-corrected chi connectivity index (χ3v) is 6.99. The van der Waals surface area contributed by atoms with Gasteiger partial charge in [0, 0.05) is 32.2 Å². The van der Waals surface area contributed by atoms with Crippen molar-refractivity contribution in [3.8, 4) is 0 Å². The van der Waals surface area contributed by atoms with Gasteiger partial charge in [0.2, 0.25) is 0 Å². The number of ether oxygens (including phenoxy) is 5. The van der Waals surface area contributed by atoms with Gasteiger partial charge in [-0.1, -0.05) is 33.6 Å². The molecule has 0 amide bonds. The molecule has 0 radical (unpaired) electrons. The van der Waals surface area contributed by atoms with Crippen molar-refractivity contribution in [3.63, 3.8) is 0 Å². The molecule has 2 unspecified atom stereocenters. The highest BCUT2D eigenvalue weighted by atomic mass is 16.5. The molecule has 1 N–H and O–H groups in total. The van der Waals surface area contributed by atoms with E-state index in [1.165, 1.54) is 0 Å². The van der Waals surface area contributed by atoms with Crippen LogP contribution in [0.1, 0.15) is 74.1 Å². The summed E-state index contributed by atoms with van der Waals surface area (Å²) in [4.78, 5) is 0. The summed E-state index contributed by atoms with van der Waals surface area (Å²) in [6, 6.07) is 0. The van der Waals surface area contributed by atoms with Crippen LogP contribution in [0.15, 0.2) is 0 Å². The molecular weight excluding hydrogens is 396 g/mol. The third kappa shape index (κ3) is 9.65. The molecule has 0 aliphatic heterocycles. The molecule has 2 atom stereocenters. The quantitative estimate of drug-likeness (QED) is 0.308. The summed E-state index contributed by atoms with van der Waals surface area (Å²) in [7, 11) is 5.10. The van der Waals surface area contributed by atoms with Crippen LogP contribution in [-0.4, -0.2) is 77.3 Å². The predicted molar refractivity (Wildman–Crippen MR) is 127 cm³/mol. The first-order valence-corrected chi connectivity index (χ1v) is 11.8. The fourth-order valence-electron chi connectivity index (χ4n) is 4.05. The Labute approximate surface area is 192 Å². The van der Waals surface area contributed by atoms with E-state index in [2.05, 4.69) is 48.5 Å². The molecule has 0 aromatic carbocycles. The monoisotopic (exact) mass is 448 g/mol. The molecule has 0 aromatic rings. The van der Waals surface area contributed by atoms with Crippen molar-refractivity contribution in [1.82, 2.24) is 0 Å². The van der Waals surface area contributed by atoms with Crippen molar-refractivity contribution in [2.75, 3.05) is 61.0 Å². The van der Waals surface area contributed by atoms with Crippen molar-refractivity contribution in [1.29, 1.82) is 0 Å². The average molecular weight is 449 g/mol. The molecule has 0 aliphatic carbocycles. The Bertz CT molecular complexity index is 453. The zero-order chi connectivity index (χ0) is 24.2. The Hall–Kier alpha value is -0.240. The van der Waals surface area contributed by atoms with Gasteiger partial charge in [0.1, 0.15) is 0 Å². The molecule has 0 bridgehead atoms. The molecule has 31 heavy (non-hydrogen) atoms. The topological polar surface area (TPSA) is 66.4 Å². The highest BCUT2D eigenvalue weighted by molar-refractivity contribution is 4.95. The van der Waals surface area contributed by atoms with E-state index in [9.17, 15) is 5.11 Å². The van der Waals surface area contributed by atoms with Crippen LogP contribution in [0.3, 0.4) is 0 Å². The van der Waals surface area contributed by atoms with Crippen LogP contribution >= 0.6 is 0 Å². The van der Waals surface area contributed by atoms with E-state index in [4.69, 9.17) is 23.7 Å². The zero-order valence-electron chi connectivity index (χ0n) is 22.1. The first kappa shape index (κ1) is 30.8.